The van der Waals surface area contributed by atoms with E-state index in [9.17, 15) is 8.42 Å². The van der Waals surface area contributed by atoms with Crippen molar-refractivity contribution in [2.24, 2.45) is 0 Å². The molecule has 0 aromatic carbocycles. The first-order valence-corrected chi connectivity index (χ1v) is 8.23. The number of nitrogen functional groups attached to an aromatic ring is 1. The van der Waals surface area contributed by atoms with Gasteiger partial charge in [0.2, 0.25) is 10.0 Å². The highest BCUT2D eigenvalue weighted by Gasteiger charge is 2.31. The molecule has 0 amide bonds. The molecule has 1 saturated carbocycles. The standard InChI is InChI=1S/C13H21N3O2S/c1-2-16(11-6-4-3-5-7-11)19(17,18)12-8-9-13(14)15-10-12/h8-11H,2-7H2,1H3,(H2,14,15). The Morgan fingerprint density at radius 3 is 2.53 bits per heavy atom. The summed E-state index contributed by atoms with van der Waals surface area (Å²) in [6.45, 7) is 2.38. The number of pyridine rings is 1. The van der Waals surface area contributed by atoms with Crippen LogP contribution in [0.25, 0.3) is 0 Å². The molecule has 1 aliphatic carbocycles. The van der Waals surface area contributed by atoms with E-state index in [4.69, 9.17) is 5.73 Å². The fourth-order valence-electron chi connectivity index (χ4n) is 2.67. The molecule has 106 valence electrons. The predicted octanol–water partition coefficient (Wildman–Crippen LogP) is 2.01. The number of rotatable bonds is 4. The average Bonchev–Trinajstić information content (AvgIpc) is 2.41. The third kappa shape index (κ3) is 3.06. The van der Waals surface area contributed by atoms with Crippen molar-refractivity contribution in [2.45, 2.75) is 50.0 Å². The van der Waals surface area contributed by atoms with Gasteiger partial charge < -0.3 is 5.73 Å². The van der Waals surface area contributed by atoms with Crippen LogP contribution in [0, 0.1) is 0 Å². The smallest absolute Gasteiger partial charge is 0.244 e. The molecule has 1 aromatic rings. The highest BCUT2D eigenvalue weighted by molar-refractivity contribution is 7.89. The molecular formula is C13H21N3O2S. The van der Waals surface area contributed by atoms with E-state index in [0.717, 1.165) is 25.7 Å². The first-order chi connectivity index (χ1) is 9.05. The summed E-state index contributed by atoms with van der Waals surface area (Å²) >= 11 is 0. The third-order valence-electron chi connectivity index (χ3n) is 3.66. The zero-order valence-electron chi connectivity index (χ0n) is 11.2. The summed E-state index contributed by atoms with van der Waals surface area (Å²) in [6, 6.07) is 3.19. The monoisotopic (exact) mass is 283 g/mol. The first-order valence-electron chi connectivity index (χ1n) is 6.79. The van der Waals surface area contributed by atoms with Crippen molar-refractivity contribution in [3.8, 4) is 0 Å². The lowest BCUT2D eigenvalue weighted by atomic mass is 9.95. The summed E-state index contributed by atoms with van der Waals surface area (Å²) in [5.41, 5.74) is 5.50. The number of hydrogen-bond donors (Lipinski definition) is 1. The minimum Gasteiger partial charge on any atom is -0.384 e. The zero-order valence-corrected chi connectivity index (χ0v) is 12.1. The Balaban J connectivity index is 2.27. The van der Waals surface area contributed by atoms with Crippen molar-refractivity contribution in [1.82, 2.24) is 9.29 Å². The molecule has 6 heteroatoms. The molecule has 5 nitrogen and oxygen atoms in total. The van der Waals surface area contributed by atoms with Crippen LogP contribution in [0.1, 0.15) is 39.0 Å². The second kappa shape index (κ2) is 5.88. The zero-order chi connectivity index (χ0) is 13.9. The number of anilines is 1. The van der Waals surface area contributed by atoms with Crippen LogP contribution in [0.5, 0.6) is 0 Å². The SMILES string of the molecule is CCN(C1CCCCC1)S(=O)(=O)c1ccc(N)nc1. The molecular weight excluding hydrogens is 262 g/mol. The number of nitrogens with zero attached hydrogens (tertiary/aromatic N) is 2. The van der Waals surface area contributed by atoms with Gasteiger partial charge in [0.05, 0.1) is 0 Å². The molecule has 1 aromatic heterocycles. The maximum atomic E-state index is 12.6. The van der Waals surface area contributed by atoms with Crippen LogP contribution in [-0.4, -0.2) is 30.3 Å². The minimum atomic E-state index is -3.45. The second-order valence-corrected chi connectivity index (χ2v) is 6.81. The Labute approximate surface area is 114 Å². The van der Waals surface area contributed by atoms with E-state index in [0.29, 0.717) is 12.4 Å². The molecule has 1 aliphatic rings. The Hall–Kier alpha value is -1.14. The van der Waals surface area contributed by atoms with Gasteiger partial charge in [-0.3, -0.25) is 0 Å². The molecule has 1 fully saturated rings. The Morgan fingerprint density at radius 1 is 1.32 bits per heavy atom. The maximum absolute atomic E-state index is 12.6. The number of aromatic nitrogens is 1. The van der Waals surface area contributed by atoms with Gasteiger partial charge in [-0.1, -0.05) is 26.2 Å². The van der Waals surface area contributed by atoms with Crippen LogP contribution in [0.15, 0.2) is 23.2 Å². The molecule has 0 saturated heterocycles. The quantitative estimate of drug-likeness (QED) is 0.917. The van der Waals surface area contributed by atoms with Crippen LogP contribution in [0.4, 0.5) is 5.82 Å². The summed E-state index contributed by atoms with van der Waals surface area (Å²) in [5, 5.41) is 0. The van der Waals surface area contributed by atoms with Gasteiger partial charge >= 0.3 is 0 Å². The summed E-state index contributed by atoms with van der Waals surface area (Å²) < 4.78 is 26.8. The third-order valence-corrected chi connectivity index (χ3v) is 5.67. The van der Waals surface area contributed by atoms with E-state index < -0.39 is 10.0 Å². The van der Waals surface area contributed by atoms with Gasteiger partial charge in [-0.2, -0.15) is 4.31 Å². The predicted molar refractivity (Wildman–Crippen MR) is 75.1 cm³/mol. The summed E-state index contributed by atoms with van der Waals surface area (Å²) in [4.78, 5) is 4.11. The van der Waals surface area contributed by atoms with Crippen LogP contribution in [-0.2, 0) is 10.0 Å². The van der Waals surface area contributed by atoms with E-state index >= 15 is 0 Å². The molecule has 2 rings (SSSR count). The van der Waals surface area contributed by atoms with Gasteiger partial charge in [0.25, 0.3) is 0 Å². The van der Waals surface area contributed by atoms with Crippen molar-refractivity contribution in [2.75, 3.05) is 12.3 Å². The van der Waals surface area contributed by atoms with Gasteiger partial charge in [0.1, 0.15) is 10.7 Å². The fraction of sp³-hybridized carbons (Fsp3) is 0.615. The van der Waals surface area contributed by atoms with Crippen molar-refractivity contribution >= 4 is 15.8 Å². The maximum Gasteiger partial charge on any atom is 0.244 e. The van der Waals surface area contributed by atoms with E-state index in [-0.39, 0.29) is 10.9 Å². The van der Waals surface area contributed by atoms with Crippen LogP contribution >= 0.6 is 0 Å². The first kappa shape index (κ1) is 14.3. The van der Waals surface area contributed by atoms with Gasteiger partial charge in [-0.05, 0) is 25.0 Å². The Morgan fingerprint density at radius 2 is 2.00 bits per heavy atom. The molecule has 0 bridgehead atoms. The molecule has 0 aliphatic heterocycles. The summed E-state index contributed by atoms with van der Waals surface area (Å²) in [7, 11) is -3.45. The number of hydrogen-bond acceptors (Lipinski definition) is 4. The van der Waals surface area contributed by atoms with Gasteiger partial charge in [0, 0.05) is 18.8 Å². The number of sulfonamides is 1. The lowest BCUT2D eigenvalue weighted by Crippen LogP contribution is -2.41. The minimum absolute atomic E-state index is 0.126. The van der Waals surface area contributed by atoms with E-state index in [2.05, 4.69) is 4.98 Å². The van der Waals surface area contributed by atoms with Crippen molar-refractivity contribution in [1.29, 1.82) is 0 Å². The fourth-order valence-corrected chi connectivity index (χ4v) is 4.31. The van der Waals surface area contributed by atoms with Gasteiger partial charge in [-0.15, -0.1) is 0 Å². The van der Waals surface area contributed by atoms with Crippen molar-refractivity contribution in [3.63, 3.8) is 0 Å². The van der Waals surface area contributed by atoms with Crippen LogP contribution in [0.3, 0.4) is 0 Å². The molecule has 2 N–H and O–H groups in total. The van der Waals surface area contributed by atoms with Crippen LogP contribution < -0.4 is 5.73 Å². The molecule has 19 heavy (non-hydrogen) atoms. The largest absolute Gasteiger partial charge is 0.384 e. The van der Waals surface area contributed by atoms with Crippen molar-refractivity contribution in [3.05, 3.63) is 18.3 Å². The second-order valence-electron chi connectivity index (χ2n) is 4.92. The van der Waals surface area contributed by atoms with Crippen molar-refractivity contribution < 1.29 is 8.42 Å². The summed E-state index contributed by atoms with van der Waals surface area (Å²) in [5.74, 6) is 0.333. The number of nitrogens with two attached hydrogens (primary N) is 1. The highest BCUT2D eigenvalue weighted by Crippen LogP contribution is 2.27. The lowest BCUT2D eigenvalue weighted by Gasteiger charge is -2.32. The van der Waals surface area contributed by atoms with E-state index in [1.165, 1.54) is 24.8 Å². The molecule has 0 atom stereocenters. The average molecular weight is 283 g/mol. The van der Waals surface area contributed by atoms with Gasteiger partial charge in [-0.25, -0.2) is 13.4 Å². The Bertz CT molecular complexity index is 507. The molecule has 0 radical (unpaired) electrons. The summed E-state index contributed by atoms with van der Waals surface area (Å²) in [6.07, 6.45) is 6.67. The highest BCUT2D eigenvalue weighted by atomic mass is 32.2. The van der Waals surface area contributed by atoms with Crippen LogP contribution in [0.2, 0.25) is 0 Å². The Kier molecular flexibility index (Phi) is 4.42. The molecule has 0 spiro atoms. The topological polar surface area (TPSA) is 76.3 Å². The van der Waals surface area contributed by atoms with E-state index in [1.54, 1.807) is 4.31 Å². The molecule has 1 heterocycles. The lowest BCUT2D eigenvalue weighted by molar-refractivity contribution is 0.261. The normalized spacial score (nSPS) is 17.8. The molecule has 0 unspecified atom stereocenters. The van der Waals surface area contributed by atoms with E-state index in [1.807, 2.05) is 6.92 Å². The van der Waals surface area contributed by atoms with Gasteiger partial charge in [0.15, 0.2) is 0 Å².